The summed E-state index contributed by atoms with van der Waals surface area (Å²) >= 11 is 0. The second kappa shape index (κ2) is 6.30. The number of hydrogen-bond donors (Lipinski definition) is 2. The van der Waals surface area contributed by atoms with Crippen LogP contribution in [0.25, 0.3) is 22.3 Å². The van der Waals surface area contributed by atoms with E-state index in [1.807, 2.05) is 18.6 Å². The molecule has 112 valence electrons. The fourth-order valence-electron chi connectivity index (χ4n) is 2.77. The third-order valence-corrected chi connectivity index (χ3v) is 3.96. The van der Waals surface area contributed by atoms with Crippen molar-refractivity contribution in [3.05, 3.63) is 60.2 Å². The lowest BCUT2D eigenvalue weighted by Crippen LogP contribution is -2.24. The number of pyridine rings is 1. The first-order valence-electron chi connectivity index (χ1n) is 7.18. The molecular weight excluding hydrogens is 296 g/mol. The Hall–Kier alpha value is -2.17. The molecule has 4 rings (SSSR count). The monoisotopic (exact) mass is 312 g/mol. The molecule has 1 aliphatic rings. The summed E-state index contributed by atoms with van der Waals surface area (Å²) in [7, 11) is 0. The summed E-state index contributed by atoms with van der Waals surface area (Å²) in [6, 6.07) is 10.8. The van der Waals surface area contributed by atoms with Gasteiger partial charge in [0.05, 0.1) is 6.20 Å². The lowest BCUT2D eigenvalue weighted by Gasteiger charge is -2.16. The van der Waals surface area contributed by atoms with E-state index in [-0.39, 0.29) is 12.4 Å². The lowest BCUT2D eigenvalue weighted by atomic mass is 9.99. The first-order chi connectivity index (χ1) is 10.4. The fourth-order valence-corrected chi connectivity index (χ4v) is 2.77. The highest BCUT2D eigenvalue weighted by molar-refractivity contribution is 5.85. The molecule has 0 saturated carbocycles. The van der Waals surface area contributed by atoms with Gasteiger partial charge in [-0.3, -0.25) is 10.1 Å². The van der Waals surface area contributed by atoms with E-state index >= 15 is 0 Å². The Morgan fingerprint density at radius 2 is 1.68 bits per heavy atom. The van der Waals surface area contributed by atoms with Crippen molar-refractivity contribution in [2.24, 2.45) is 0 Å². The average Bonchev–Trinajstić information content (AvgIpc) is 3.09. The summed E-state index contributed by atoms with van der Waals surface area (Å²) in [6.07, 6.45) is 6.74. The Morgan fingerprint density at radius 3 is 2.41 bits per heavy atom. The summed E-state index contributed by atoms with van der Waals surface area (Å²) in [4.78, 5) is 4.61. The van der Waals surface area contributed by atoms with Gasteiger partial charge < -0.3 is 5.32 Å². The van der Waals surface area contributed by atoms with Crippen LogP contribution in [-0.4, -0.2) is 21.7 Å². The second-order valence-electron chi connectivity index (χ2n) is 5.32. The molecule has 0 amide bonds. The molecule has 2 aromatic heterocycles. The minimum atomic E-state index is 0. The highest BCUT2D eigenvalue weighted by Gasteiger charge is 2.11. The number of nitrogens with zero attached hydrogens (tertiary/aromatic N) is 2. The van der Waals surface area contributed by atoms with Crippen LogP contribution in [0.2, 0.25) is 0 Å². The van der Waals surface area contributed by atoms with Crippen LogP contribution >= 0.6 is 12.4 Å². The first kappa shape index (κ1) is 14.8. The Balaban J connectivity index is 0.00000144. The molecular formula is C17H17ClN4. The number of hydrogen-bond acceptors (Lipinski definition) is 3. The summed E-state index contributed by atoms with van der Waals surface area (Å²) in [6.45, 7) is 1.95. The third-order valence-electron chi connectivity index (χ3n) is 3.96. The van der Waals surface area contributed by atoms with Gasteiger partial charge in [0, 0.05) is 48.7 Å². The molecule has 22 heavy (non-hydrogen) atoms. The predicted molar refractivity (Wildman–Crippen MR) is 89.9 cm³/mol. The van der Waals surface area contributed by atoms with Crippen molar-refractivity contribution in [2.75, 3.05) is 6.54 Å². The second-order valence-corrected chi connectivity index (χ2v) is 5.32. The topological polar surface area (TPSA) is 53.6 Å². The van der Waals surface area contributed by atoms with Crippen molar-refractivity contribution in [1.29, 1.82) is 0 Å². The van der Waals surface area contributed by atoms with Crippen LogP contribution in [0.4, 0.5) is 0 Å². The standard InChI is InChI=1S/C17H16N4.ClH/c1-3-13(16-10-20-21-11-16)4-2-12(1)14-7-15-8-18-6-5-17(15)19-9-14;/h1-4,7,9-11,18H,5-6,8H2,(H,20,21);1H. The highest BCUT2D eigenvalue weighted by Crippen LogP contribution is 2.25. The Labute approximate surface area is 135 Å². The number of halogens is 1. The molecule has 4 nitrogen and oxygen atoms in total. The van der Waals surface area contributed by atoms with E-state index in [2.05, 4.69) is 50.8 Å². The van der Waals surface area contributed by atoms with Crippen molar-refractivity contribution in [3.8, 4) is 22.3 Å². The van der Waals surface area contributed by atoms with E-state index in [0.29, 0.717) is 0 Å². The van der Waals surface area contributed by atoms with Crippen LogP contribution in [0.5, 0.6) is 0 Å². The molecule has 0 atom stereocenters. The van der Waals surface area contributed by atoms with E-state index in [9.17, 15) is 0 Å². The Morgan fingerprint density at radius 1 is 0.909 bits per heavy atom. The molecule has 2 N–H and O–H groups in total. The van der Waals surface area contributed by atoms with Crippen molar-refractivity contribution in [1.82, 2.24) is 20.5 Å². The van der Waals surface area contributed by atoms with E-state index < -0.39 is 0 Å². The van der Waals surface area contributed by atoms with Crippen LogP contribution in [-0.2, 0) is 13.0 Å². The quantitative estimate of drug-likeness (QED) is 0.764. The van der Waals surface area contributed by atoms with Crippen LogP contribution in [0, 0.1) is 0 Å². The van der Waals surface area contributed by atoms with Crippen molar-refractivity contribution < 1.29 is 0 Å². The number of H-pyrrole nitrogens is 1. The first-order valence-corrected chi connectivity index (χ1v) is 7.18. The maximum absolute atomic E-state index is 4.61. The molecule has 0 bridgehead atoms. The molecule has 0 aliphatic carbocycles. The third kappa shape index (κ3) is 2.75. The summed E-state index contributed by atoms with van der Waals surface area (Å²) in [5.74, 6) is 0. The van der Waals surface area contributed by atoms with Crippen LogP contribution in [0.1, 0.15) is 11.3 Å². The maximum Gasteiger partial charge on any atom is 0.0565 e. The van der Waals surface area contributed by atoms with Crippen LogP contribution in [0.3, 0.4) is 0 Å². The largest absolute Gasteiger partial charge is 0.312 e. The minimum absolute atomic E-state index is 0. The van der Waals surface area contributed by atoms with E-state index in [1.165, 1.54) is 27.9 Å². The highest BCUT2D eigenvalue weighted by atomic mass is 35.5. The number of benzene rings is 1. The van der Waals surface area contributed by atoms with Gasteiger partial charge in [-0.05, 0) is 22.8 Å². The average molecular weight is 313 g/mol. The van der Waals surface area contributed by atoms with Crippen LogP contribution < -0.4 is 5.32 Å². The van der Waals surface area contributed by atoms with Gasteiger partial charge in [-0.25, -0.2) is 0 Å². The molecule has 3 heterocycles. The number of aromatic amines is 1. The minimum Gasteiger partial charge on any atom is -0.312 e. The lowest BCUT2D eigenvalue weighted by molar-refractivity contribution is 0.630. The number of nitrogens with one attached hydrogen (secondary N) is 2. The van der Waals surface area contributed by atoms with E-state index in [4.69, 9.17) is 0 Å². The predicted octanol–water partition coefficient (Wildman–Crippen LogP) is 3.21. The van der Waals surface area contributed by atoms with Crippen LogP contribution in [0.15, 0.2) is 48.9 Å². The van der Waals surface area contributed by atoms with Gasteiger partial charge in [0.1, 0.15) is 0 Å². The maximum atomic E-state index is 4.61. The molecule has 3 aromatic rings. The molecule has 5 heteroatoms. The Kier molecular flexibility index (Phi) is 4.22. The van der Waals surface area contributed by atoms with E-state index in [0.717, 1.165) is 25.1 Å². The molecule has 1 aromatic carbocycles. The normalized spacial score (nSPS) is 13.3. The van der Waals surface area contributed by atoms with E-state index in [1.54, 1.807) is 0 Å². The van der Waals surface area contributed by atoms with Gasteiger partial charge in [-0.1, -0.05) is 24.3 Å². The molecule has 0 unspecified atom stereocenters. The summed E-state index contributed by atoms with van der Waals surface area (Å²) in [5.41, 5.74) is 7.19. The van der Waals surface area contributed by atoms with Gasteiger partial charge in [0.15, 0.2) is 0 Å². The summed E-state index contributed by atoms with van der Waals surface area (Å²) < 4.78 is 0. The van der Waals surface area contributed by atoms with Gasteiger partial charge in [-0.2, -0.15) is 5.10 Å². The Bertz CT molecular complexity index is 751. The van der Waals surface area contributed by atoms with Gasteiger partial charge in [-0.15, -0.1) is 12.4 Å². The molecule has 0 radical (unpaired) electrons. The van der Waals surface area contributed by atoms with Crippen molar-refractivity contribution >= 4 is 12.4 Å². The molecule has 0 spiro atoms. The SMILES string of the molecule is Cl.c1cc(-c2cnc3c(c2)CNCC3)ccc1-c1cn[nH]c1. The number of rotatable bonds is 2. The smallest absolute Gasteiger partial charge is 0.0565 e. The van der Waals surface area contributed by atoms with Gasteiger partial charge in [0.25, 0.3) is 0 Å². The molecule has 0 fully saturated rings. The zero-order chi connectivity index (χ0) is 14.1. The van der Waals surface area contributed by atoms with Crippen molar-refractivity contribution in [3.63, 3.8) is 0 Å². The van der Waals surface area contributed by atoms with Gasteiger partial charge >= 0.3 is 0 Å². The van der Waals surface area contributed by atoms with Crippen molar-refractivity contribution in [2.45, 2.75) is 13.0 Å². The number of fused-ring (bicyclic) bond motifs is 1. The zero-order valence-electron chi connectivity index (χ0n) is 12.0. The van der Waals surface area contributed by atoms with Gasteiger partial charge in [0.2, 0.25) is 0 Å². The zero-order valence-corrected chi connectivity index (χ0v) is 12.9. The molecule has 0 saturated heterocycles. The number of aromatic nitrogens is 3. The fraction of sp³-hybridized carbons (Fsp3) is 0.176. The molecule has 1 aliphatic heterocycles. The summed E-state index contributed by atoms with van der Waals surface area (Å²) in [5, 5.41) is 10.2.